The molecule has 0 radical (unpaired) electrons. The van der Waals surface area contributed by atoms with Gasteiger partial charge in [0.15, 0.2) is 0 Å². The van der Waals surface area contributed by atoms with Gasteiger partial charge in [-0.2, -0.15) is 0 Å². The third-order valence-electron chi connectivity index (χ3n) is 2.13. The van der Waals surface area contributed by atoms with Crippen molar-refractivity contribution < 1.29 is 14.5 Å². The second-order valence-electron chi connectivity index (χ2n) is 3.67. The maximum absolute atomic E-state index is 11.4. The molecule has 1 amide bonds. The SMILES string of the molecule is CC(=O)CCC(=O)Nc1ccc(Cl)c([N+](=O)[O-])c1. The van der Waals surface area contributed by atoms with Gasteiger partial charge in [-0.1, -0.05) is 11.6 Å². The van der Waals surface area contributed by atoms with Crippen LogP contribution in [-0.2, 0) is 9.59 Å². The van der Waals surface area contributed by atoms with Gasteiger partial charge in [-0.05, 0) is 19.1 Å². The molecule has 0 aliphatic carbocycles. The predicted octanol–water partition coefficient (Wildman–Crippen LogP) is 2.56. The summed E-state index contributed by atoms with van der Waals surface area (Å²) in [5, 5.41) is 13.1. The fourth-order valence-corrected chi connectivity index (χ4v) is 1.43. The molecule has 0 aliphatic heterocycles. The predicted molar refractivity (Wildman–Crippen MR) is 66.7 cm³/mol. The Bertz CT molecular complexity index is 502. The van der Waals surface area contributed by atoms with E-state index in [2.05, 4.69) is 5.32 Å². The van der Waals surface area contributed by atoms with Crippen LogP contribution in [0.25, 0.3) is 0 Å². The Balaban J connectivity index is 2.73. The Hall–Kier alpha value is -1.95. The third kappa shape index (κ3) is 4.14. The van der Waals surface area contributed by atoms with Crippen molar-refractivity contribution in [3.05, 3.63) is 33.3 Å². The summed E-state index contributed by atoms with van der Waals surface area (Å²) < 4.78 is 0. The molecule has 0 atom stereocenters. The van der Waals surface area contributed by atoms with Crippen LogP contribution in [0, 0.1) is 10.1 Å². The van der Waals surface area contributed by atoms with Crippen molar-refractivity contribution in [1.82, 2.24) is 0 Å². The lowest BCUT2D eigenvalue weighted by molar-refractivity contribution is -0.384. The molecular formula is C11H11ClN2O4. The number of Topliss-reactive ketones (excluding diaryl/α,β-unsaturated/α-hetero) is 1. The average molecular weight is 271 g/mol. The van der Waals surface area contributed by atoms with Crippen molar-refractivity contribution in [2.75, 3.05) is 5.32 Å². The van der Waals surface area contributed by atoms with E-state index in [1.807, 2.05) is 0 Å². The largest absolute Gasteiger partial charge is 0.326 e. The lowest BCUT2D eigenvalue weighted by atomic mass is 10.2. The number of hydrogen-bond donors (Lipinski definition) is 1. The first-order chi connectivity index (χ1) is 8.40. The summed E-state index contributed by atoms with van der Waals surface area (Å²) in [5.74, 6) is -0.464. The first-order valence-corrected chi connectivity index (χ1v) is 5.51. The van der Waals surface area contributed by atoms with Crippen molar-refractivity contribution in [3.8, 4) is 0 Å². The summed E-state index contributed by atoms with van der Waals surface area (Å²) in [4.78, 5) is 32.1. The van der Waals surface area contributed by atoms with Crippen molar-refractivity contribution in [2.45, 2.75) is 19.8 Å². The zero-order chi connectivity index (χ0) is 13.7. The fraction of sp³-hybridized carbons (Fsp3) is 0.273. The first kappa shape index (κ1) is 14.1. The second-order valence-corrected chi connectivity index (χ2v) is 4.08. The molecule has 0 bridgehead atoms. The van der Waals surface area contributed by atoms with Crippen LogP contribution in [0.15, 0.2) is 18.2 Å². The van der Waals surface area contributed by atoms with E-state index in [4.69, 9.17) is 11.6 Å². The lowest BCUT2D eigenvalue weighted by Gasteiger charge is -2.04. The van der Waals surface area contributed by atoms with E-state index < -0.39 is 4.92 Å². The Labute approximate surface area is 108 Å². The Morgan fingerprint density at radius 3 is 2.61 bits per heavy atom. The standard InChI is InChI=1S/C11H11ClN2O4/c1-7(15)2-5-11(16)13-8-3-4-9(12)10(6-8)14(17)18/h3-4,6H,2,5H2,1H3,(H,13,16). The molecule has 0 aromatic heterocycles. The quantitative estimate of drug-likeness (QED) is 0.658. The molecule has 6 nitrogen and oxygen atoms in total. The van der Waals surface area contributed by atoms with Crippen LogP contribution in [0.2, 0.25) is 5.02 Å². The van der Waals surface area contributed by atoms with Gasteiger partial charge in [0.25, 0.3) is 5.69 Å². The van der Waals surface area contributed by atoms with Crippen LogP contribution < -0.4 is 5.32 Å². The molecule has 1 aromatic rings. The molecule has 1 N–H and O–H groups in total. The number of nitrogens with one attached hydrogen (secondary N) is 1. The van der Waals surface area contributed by atoms with E-state index in [1.54, 1.807) is 0 Å². The van der Waals surface area contributed by atoms with Crippen LogP contribution in [-0.4, -0.2) is 16.6 Å². The van der Waals surface area contributed by atoms with Crippen LogP contribution >= 0.6 is 11.6 Å². The highest BCUT2D eigenvalue weighted by molar-refractivity contribution is 6.32. The number of carbonyl (C=O) groups excluding carboxylic acids is 2. The Morgan fingerprint density at radius 1 is 1.39 bits per heavy atom. The zero-order valence-corrected chi connectivity index (χ0v) is 10.4. The molecule has 1 aromatic carbocycles. The number of ketones is 1. The number of nitrogens with zero attached hydrogens (tertiary/aromatic N) is 1. The summed E-state index contributed by atoms with van der Waals surface area (Å²) in [5.41, 5.74) is 0.000636. The Kier molecular flexibility index (Phi) is 4.79. The Morgan fingerprint density at radius 2 is 2.06 bits per heavy atom. The van der Waals surface area contributed by atoms with E-state index in [-0.39, 0.29) is 40.9 Å². The van der Waals surface area contributed by atoms with Gasteiger partial charge in [0.2, 0.25) is 5.91 Å². The highest BCUT2D eigenvalue weighted by atomic mass is 35.5. The monoisotopic (exact) mass is 270 g/mol. The van der Waals surface area contributed by atoms with Crippen LogP contribution in [0.4, 0.5) is 11.4 Å². The molecule has 1 rings (SSSR count). The number of nitro groups is 1. The van der Waals surface area contributed by atoms with E-state index in [0.29, 0.717) is 0 Å². The number of anilines is 1. The summed E-state index contributed by atoms with van der Waals surface area (Å²) in [6, 6.07) is 3.97. The van der Waals surface area contributed by atoms with Gasteiger partial charge in [0.05, 0.1) is 4.92 Å². The van der Waals surface area contributed by atoms with Gasteiger partial charge in [0, 0.05) is 24.6 Å². The molecule has 0 fully saturated rings. The number of carbonyl (C=O) groups is 2. The van der Waals surface area contributed by atoms with E-state index in [9.17, 15) is 19.7 Å². The van der Waals surface area contributed by atoms with Crippen molar-refractivity contribution in [1.29, 1.82) is 0 Å². The number of nitro benzene ring substituents is 1. The number of rotatable bonds is 5. The molecule has 7 heteroatoms. The summed E-state index contributed by atoms with van der Waals surface area (Å²) in [6.07, 6.45) is 0.188. The van der Waals surface area contributed by atoms with Crippen molar-refractivity contribution >= 4 is 34.7 Å². The molecule has 0 unspecified atom stereocenters. The second kappa shape index (κ2) is 6.11. The van der Waals surface area contributed by atoms with Gasteiger partial charge in [-0.3, -0.25) is 14.9 Å². The maximum Gasteiger partial charge on any atom is 0.289 e. The zero-order valence-electron chi connectivity index (χ0n) is 9.60. The molecule has 0 spiro atoms. The third-order valence-corrected chi connectivity index (χ3v) is 2.45. The molecule has 0 aliphatic rings. The smallest absolute Gasteiger partial charge is 0.289 e. The van der Waals surface area contributed by atoms with E-state index in [0.717, 1.165) is 0 Å². The molecule has 0 saturated carbocycles. The summed E-state index contributed by atoms with van der Waals surface area (Å²) >= 11 is 5.63. The molecular weight excluding hydrogens is 260 g/mol. The molecule has 0 saturated heterocycles. The number of halogens is 1. The van der Waals surface area contributed by atoms with Crippen LogP contribution in [0.5, 0.6) is 0 Å². The molecule has 0 heterocycles. The van der Waals surface area contributed by atoms with Gasteiger partial charge in [0.1, 0.15) is 10.8 Å². The summed E-state index contributed by atoms with van der Waals surface area (Å²) in [6.45, 7) is 1.39. The summed E-state index contributed by atoms with van der Waals surface area (Å²) in [7, 11) is 0. The molecule has 18 heavy (non-hydrogen) atoms. The van der Waals surface area contributed by atoms with Gasteiger partial charge < -0.3 is 10.1 Å². The number of hydrogen-bond acceptors (Lipinski definition) is 4. The number of amides is 1. The van der Waals surface area contributed by atoms with E-state index >= 15 is 0 Å². The van der Waals surface area contributed by atoms with Crippen molar-refractivity contribution in [2.24, 2.45) is 0 Å². The van der Waals surface area contributed by atoms with E-state index in [1.165, 1.54) is 25.1 Å². The van der Waals surface area contributed by atoms with Gasteiger partial charge >= 0.3 is 0 Å². The lowest BCUT2D eigenvalue weighted by Crippen LogP contribution is -2.12. The fourth-order valence-electron chi connectivity index (χ4n) is 1.24. The minimum absolute atomic E-state index is 0.00161. The minimum Gasteiger partial charge on any atom is -0.326 e. The molecule has 96 valence electrons. The highest BCUT2D eigenvalue weighted by Crippen LogP contribution is 2.27. The highest BCUT2D eigenvalue weighted by Gasteiger charge is 2.13. The van der Waals surface area contributed by atoms with Crippen molar-refractivity contribution in [3.63, 3.8) is 0 Å². The minimum atomic E-state index is -0.631. The van der Waals surface area contributed by atoms with Gasteiger partial charge in [-0.15, -0.1) is 0 Å². The topological polar surface area (TPSA) is 89.3 Å². The van der Waals surface area contributed by atoms with Crippen LogP contribution in [0.3, 0.4) is 0 Å². The normalized spacial score (nSPS) is 9.89. The van der Waals surface area contributed by atoms with Gasteiger partial charge in [-0.25, -0.2) is 0 Å². The number of benzene rings is 1. The maximum atomic E-state index is 11.4. The average Bonchev–Trinajstić information content (AvgIpc) is 2.28. The first-order valence-electron chi connectivity index (χ1n) is 5.13. The van der Waals surface area contributed by atoms with Crippen LogP contribution in [0.1, 0.15) is 19.8 Å².